The van der Waals surface area contributed by atoms with Gasteiger partial charge in [-0.3, -0.25) is 4.79 Å². The Kier molecular flexibility index (Phi) is 4.88. The molecule has 3 aromatic rings. The minimum Gasteiger partial charge on any atom is -0.325 e. The number of carbonyl (C=O) groups excluding carboxylic acids is 1. The number of rotatable bonds is 5. The molecule has 4 nitrogen and oxygen atoms in total. The Morgan fingerprint density at radius 3 is 2.91 bits per heavy atom. The molecular weight excluding hydrogens is 306 g/mol. The molecule has 0 atom stereocenters. The summed E-state index contributed by atoms with van der Waals surface area (Å²) in [5, 5.41) is 13.9. The van der Waals surface area contributed by atoms with Crippen molar-refractivity contribution in [1.82, 2.24) is 10.2 Å². The molecule has 0 fully saturated rings. The summed E-state index contributed by atoms with van der Waals surface area (Å²) in [7, 11) is 0. The number of nitrogens with one attached hydrogen (secondary N) is 1. The largest absolute Gasteiger partial charge is 0.325 e. The van der Waals surface area contributed by atoms with Crippen LogP contribution in [0.15, 0.2) is 59.8 Å². The fraction of sp³-hybridized carbons (Fsp3) is 0.167. The molecule has 0 unspecified atom stereocenters. The van der Waals surface area contributed by atoms with E-state index in [1.807, 2.05) is 42.5 Å². The first-order valence-electron chi connectivity index (χ1n) is 7.48. The number of anilines is 1. The second-order valence-corrected chi connectivity index (χ2v) is 6.09. The number of carbonyl (C=O) groups is 1. The highest BCUT2D eigenvalue weighted by Crippen LogP contribution is 2.24. The van der Waals surface area contributed by atoms with Crippen LogP contribution in [0.4, 0.5) is 5.69 Å². The van der Waals surface area contributed by atoms with Gasteiger partial charge >= 0.3 is 0 Å². The maximum absolute atomic E-state index is 12.1. The summed E-state index contributed by atoms with van der Waals surface area (Å²) < 4.78 is 0. The number of hydrogen-bond acceptors (Lipinski definition) is 4. The molecule has 1 N–H and O–H groups in total. The van der Waals surface area contributed by atoms with Crippen LogP contribution in [0.25, 0.3) is 10.8 Å². The van der Waals surface area contributed by atoms with E-state index in [0.717, 1.165) is 27.9 Å². The normalized spacial score (nSPS) is 10.7. The van der Waals surface area contributed by atoms with Gasteiger partial charge in [0.1, 0.15) is 5.03 Å². The van der Waals surface area contributed by atoms with Crippen LogP contribution >= 0.6 is 11.8 Å². The zero-order valence-electron chi connectivity index (χ0n) is 12.8. The Hall–Kier alpha value is -2.40. The van der Waals surface area contributed by atoms with E-state index in [0.29, 0.717) is 5.75 Å². The van der Waals surface area contributed by atoms with Crippen molar-refractivity contribution < 1.29 is 4.79 Å². The van der Waals surface area contributed by atoms with Gasteiger partial charge in [-0.1, -0.05) is 55.1 Å². The van der Waals surface area contributed by atoms with Crippen molar-refractivity contribution in [2.45, 2.75) is 18.4 Å². The first kappa shape index (κ1) is 15.5. The van der Waals surface area contributed by atoms with Crippen molar-refractivity contribution in [1.29, 1.82) is 0 Å². The third-order valence-electron chi connectivity index (χ3n) is 3.50. The summed E-state index contributed by atoms with van der Waals surface area (Å²) in [6, 6.07) is 15.8. The predicted molar refractivity (Wildman–Crippen MR) is 94.7 cm³/mol. The summed E-state index contributed by atoms with van der Waals surface area (Å²) >= 11 is 1.40. The lowest BCUT2D eigenvalue weighted by molar-refractivity contribution is -0.113. The molecule has 2 aromatic carbocycles. The van der Waals surface area contributed by atoms with Crippen molar-refractivity contribution in [3.63, 3.8) is 0 Å². The van der Waals surface area contributed by atoms with Crippen molar-refractivity contribution >= 4 is 34.1 Å². The SMILES string of the molecule is CCc1cccc(NC(=O)CSc2nncc3ccccc23)c1. The Morgan fingerprint density at radius 2 is 2.04 bits per heavy atom. The molecule has 0 radical (unpaired) electrons. The first-order chi connectivity index (χ1) is 11.3. The second kappa shape index (κ2) is 7.24. The zero-order valence-corrected chi connectivity index (χ0v) is 13.6. The van der Waals surface area contributed by atoms with Crippen LogP contribution in [0.1, 0.15) is 12.5 Å². The highest BCUT2D eigenvalue weighted by Gasteiger charge is 2.08. The predicted octanol–water partition coefficient (Wildman–Crippen LogP) is 3.92. The summed E-state index contributed by atoms with van der Waals surface area (Å²) in [4.78, 5) is 12.1. The third-order valence-corrected chi connectivity index (χ3v) is 4.48. The van der Waals surface area contributed by atoms with Crippen LogP contribution < -0.4 is 5.32 Å². The molecule has 0 saturated heterocycles. The van der Waals surface area contributed by atoms with Gasteiger partial charge in [0.25, 0.3) is 0 Å². The minimum absolute atomic E-state index is 0.0435. The van der Waals surface area contributed by atoms with E-state index < -0.39 is 0 Å². The monoisotopic (exact) mass is 323 g/mol. The maximum Gasteiger partial charge on any atom is 0.234 e. The third kappa shape index (κ3) is 3.87. The number of thioether (sulfide) groups is 1. The number of benzene rings is 2. The summed E-state index contributed by atoms with van der Waals surface area (Å²) in [6.45, 7) is 2.09. The van der Waals surface area contributed by atoms with Gasteiger partial charge in [-0.15, -0.1) is 5.10 Å². The Bertz CT molecular complexity index is 830. The summed E-state index contributed by atoms with van der Waals surface area (Å²) in [5.74, 6) is 0.261. The van der Waals surface area contributed by atoms with Crippen LogP contribution in [0, 0.1) is 0 Å². The van der Waals surface area contributed by atoms with E-state index in [-0.39, 0.29) is 5.91 Å². The Labute approximate surface area is 139 Å². The van der Waals surface area contributed by atoms with Crippen LogP contribution in [-0.4, -0.2) is 21.9 Å². The van der Waals surface area contributed by atoms with E-state index in [9.17, 15) is 4.79 Å². The lowest BCUT2D eigenvalue weighted by atomic mass is 10.1. The van der Waals surface area contributed by atoms with Gasteiger partial charge in [0.2, 0.25) is 5.91 Å². The Balaban J connectivity index is 1.66. The Morgan fingerprint density at radius 1 is 1.17 bits per heavy atom. The van der Waals surface area contributed by atoms with Gasteiger partial charge in [0.05, 0.1) is 11.9 Å². The average Bonchev–Trinajstić information content (AvgIpc) is 2.60. The van der Waals surface area contributed by atoms with Crippen molar-refractivity contribution in [2.75, 3.05) is 11.1 Å². The standard InChI is InChI=1S/C18H17N3OS/c1-2-13-6-5-8-15(10-13)20-17(22)12-23-18-16-9-4-3-7-14(16)11-19-21-18/h3-11H,2,12H2,1H3,(H,20,22). The number of aromatic nitrogens is 2. The number of nitrogens with zero attached hydrogens (tertiary/aromatic N) is 2. The molecule has 0 aliphatic carbocycles. The fourth-order valence-electron chi connectivity index (χ4n) is 2.31. The molecule has 0 bridgehead atoms. The van der Waals surface area contributed by atoms with E-state index >= 15 is 0 Å². The van der Waals surface area contributed by atoms with E-state index in [1.165, 1.54) is 17.3 Å². The van der Waals surface area contributed by atoms with Gasteiger partial charge in [0.15, 0.2) is 0 Å². The molecule has 0 saturated carbocycles. The van der Waals surface area contributed by atoms with Crippen LogP contribution in [0.2, 0.25) is 0 Å². The number of fused-ring (bicyclic) bond motifs is 1. The lowest BCUT2D eigenvalue weighted by Gasteiger charge is -2.07. The molecule has 0 aliphatic rings. The molecule has 0 spiro atoms. The van der Waals surface area contributed by atoms with Crippen LogP contribution in [0.3, 0.4) is 0 Å². The summed E-state index contributed by atoms with van der Waals surface area (Å²) in [5.41, 5.74) is 2.04. The van der Waals surface area contributed by atoms with E-state index in [4.69, 9.17) is 0 Å². The number of amides is 1. The van der Waals surface area contributed by atoms with Gasteiger partial charge in [-0.05, 0) is 24.1 Å². The van der Waals surface area contributed by atoms with Crippen LogP contribution in [0.5, 0.6) is 0 Å². The molecule has 3 rings (SSSR count). The topological polar surface area (TPSA) is 54.9 Å². The highest BCUT2D eigenvalue weighted by molar-refractivity contribution is 8.00. The first-order valence-corrected chi connectivity index (χ1v) is 8.47. The quantitative estimate of drug-likeness (QED) is 0.723. The summed E-state index contributed by atoms with van der Waals surface area (Å²) in [6.07, 6.45) is 2.68. The molecule has 116 valence electrons. The van der Waals surface area contributed by atoms with Gasteiger partial charge in [-0.25, -0.2) is 0 Å². The molecule has 1 aromatic heterocycles. The van der Waals surface area contributed by atoms with Gasteiger partial charge in [0, 0.05) is 16.5 Å². The minimum atomic E-state index is -0.0435. The van der Waals surface area contributed by atoms with Gasteiger partial charge < -0.3 is 5.32 Å². The van der Waals surface area contributed by atoms with E-state index in [2.05, 4.69) is 28.5 Å². The van der Waals surface area contributed by atoms with Crippen LogP contribution in [-0.2, 0) is 11.2 Å². The average molecular weight is 323 g/mol. The molecule has 1 amide bonds. The fourth-order valence-corrected chi connectivity index (χ4v) is 3.09. The van der Waals surface area contributed by atoms with Crippen molar-refractivity contribution in [3.8, 4) is 0 Å². The zero-order chi connectivity index (χ0) is 16.1. The molecule has 23 heavy (non-hydrogen) atoms. The lowest BCUT2D eigenvalue weighted by Crippen LogP contribution is -2.14. The number of hydrogen-bond donors (Lipinski definition) is 1. The van der Waals surface area contributed by atoms with Crippen molar-refractivity contribution in [2.24, 2.45) is 0 Å². The molecule has 1 heterocycles. The smallest absolute Gasteiger partial charge is 0.234 e. The molecular formula is C18H17N3OS. The van der Waals surface area contributed by atoms with E-state index in [1.54, 1.807) is 6.20 Å². The highest BCUT2D eigenvalue weighted by atomic mass is 32.2. The second-order valence-electron chi connectivity index (χ2n) is 5.13. The number of aryl methyl sites for hydroxylation is 1. The maximum atomic E-state index is 12.1. The molecule has 0 aliphatic heterocycles. The van der Waals surface area contributed by atoms with Crippen molar-refractivity contribution in [3.05, 3.63) is 60.3 Å². The van der Waals surface area contributed by atoms with Gasteiger partial charge in [-0.2, -0.15) is 5.10 Å². The molecule has 5 heteroatoms.